The third kappa shape index (κ3) is 6.67. The lowest BCUT2D eigenvalue weighted by Gasteiger charge is -2.24. The van der Waals surface area contributed by atoms with Gasteiger partial charge in [0.05, 0.1) is 21.8 Å². The van der Waals surface area contributed by atoms with Crippen LogP contribution in [0.5, 0.6) is 0 Å². The fraction of sp³-hybridized carbons (Fsp3) is 0.259. The van der Waals surface area contributed by atoms with Gasteiger partial charge in [0.1, 0.15) is 6.54 Å². The molecule has 0 bridgehead atoms. The molecule has 0 saturated heterocycles. The molecule has 0 unspecified atom stereocenters. The van der Waals surface area contributed by atoms with E-state index in [0.717, 1.165) is 21.2 Å². The van der Waals surface area contributed by atoms with Gasteiger partial charge in [-0.15, -0.1) is 11.8 Å². The van der Waals surface area contributed by atoms with E-state index in [-0.39, 0.29) is 16.8 Å². The lowest BCUT2D eigenvalue weighted by molar-refractivity contribution is -0.114. The molecular formula is C27H31N3O4S2. The molecule has 190 valence electrons. The van der Waals surface area contributed by atoms with Crippen molar-refractivity contribution in [1.29, 1.82) is 0 Å². The van der Waals surface area contributed by atoms with Gasteiger partial charge in [-0.1, -0.05) is 36.8 Å². The minimum atomic E-state index is -4.04. The smallest absolute Gasteiger partial charge is 0.264 e. The first-order chi connectivity index (χ1) is 17.1. The van der Waals surface area contributed by atoms with E-state index in [9.17, 15) is 18.0 Å². The number of amides is 2. The van der Waals surface area contributed by atoms with E-state index in [1.165, 1.54) is 23.9 Å². The summed E-state index contributed by atoms with van der Waals surface area (Å²) in [5, 5.41) is 5.62. The van der Waals surface area contributed by atoms with Gasteiger partial charge in [-0.2, -0.15) is 0 Å². The van der Waals surface area contributed by atoms with Crippen molar-refractivity contribution in [3.8, 4) is 0 Å². The predicted octanol–water partition coefficient (Wildman–Crippen LogP) is 5.08. The van der Waals surface area contributed by atoms with Crippen LogP contribution >= 0.6 is 11.8 Å². The van der Waals surface area contributed by atoms with E-state index in [4.69, 9.17) is 0 Å². The van der Waals surface area contributed by atoms with Gasteiger partial charge in [0.15, 0.2) is 0 Å². The molecule has 36 heavy (non-hydrogen) atoms. The van der Waals surface area contributed by atoms with Gasteiger partial charge in [-0.25, -0.2) is 8.42 Å². The molecule has 0 aliphatic carbocycles. The van der Waals surface area contributed by atoms with Crippen molar-refractivity contribution in [2.24, 2.45) is 0 Å². The average molecular weight is 526 g/mol. The van der Waals surface area contributed by atoms with E-state index < -0.39 is 22.5 Å². The normalized spacial score (nSPS) is 12.0. The molecule has 1 atom stereocenters. The van der Waals surface area contributed by atoms with Crippen LogP contribution in [-0.2, 0) is 14.8 Å². The number of hydrogen-bond donors (Lipinski definition) is 2. The number of thioether (sulfide) groups is 1. The summed E-state index contributed by atoms with van der Waals surface area (Å²) in [6, 6.07) is 20.1. The van der Waals surface area contributed by atoms with Crippen molar-refractivity contribution in [3.05, 3.63) is 83.9 Å². The highest BCUT2D eigenvalue weighted by Gasteiger charge is 2.28. The Morgan fingerprint density at radius 1 is 0.972 bits per heavy atom. The number of carbonyl (C=O) groups is 2. The zero-order valence-electron chi connectivity index (χ0n) is 20.8. The third-order valence-corrected chi connectivity index (χ3v) is 8.22. The lowest BCUT2D eigenvalue weighted by atomic mass is 10.1. The molecule has 3 aromatic carbocycles. The van der Waals surface area contributed by atoms with Gasteiger partial charge >= 0.3 is 0 Å². The van der Waals surface area contributed by atoms with Crippen molar-refractivity contribution >= 4 is 45.0 Å². The fourth-order valence-corrected chi connectivity index (χ4v) is 5.24. The van der Waals surface area contributed by atoms with Crippen molar-refractivity contribution in [1.82, 2.24) is 5.32 Å². The summed E-state index contributed by atoms with van der Waals surface area (Å²) in [7, 11) is -4.04. The van der Waals surface area contributed by atoms with E-state index in [1.54, 1.807) is 60.7 Å². The molecule has 9 heteroatoms. The van der Waals surface area contributed by atoms with Crippen LogP contribution in [0.2, 0.25) is 0 Å². The number of benzene rings is 3. The Morgan fingerprint density at radius 2 is 1.61 bits per heavy atom. The van der Waals surface area contributed by atoms with Crippen LogP contribution in [0.25, 0.3) is 0 Å². The Morgan fingerprint density at radius 3 is 2.22 bits per heavy atom. The molecule has 0 spiro atoms. The molecule has 2 N–H and O–H groups in total. The van der Waals surface area contributed by atoms with Crippen LogP contribution in [0.1, 0.15) is 36.2 Å². The highest BCUT2D eigenvalue weighted by Crippen LogP contribution is 2.26. The van der Waals surface area contributed by atoms with E-state index in [2.05, 4.69) is 10.6 Å². The molecule has 0 aliphatic heterocycles. The van der Waals surface area contributed by atoms with Gasteiger partial charge in [-0.05, 0) is 75.1 Å². The molecule has 0 radical (unpaired) electrons. The van der Waals surface area contributed by atoms with Gasteiger partial charge in [0.2, 0.25) is 5.91 Å². The van der Waals surface area contributed by atoms with Gasteiger partial charge < -0.3 is 10.6 Å². The largest absolute Gasteiger partial charge is 0.350 e. The number of sulfonamides is 1. The highest BCUT2D eigenvalue weighted by atomic mass is 32.2. The van der Waals surface area contributed by atoms with Crippen LogP contribution in [0.15, 0.2) is 82.6 Å². The van der Waals surface area contributed by atoms with Crippen molar-refractivity contribution in [2.45, 2.75) is 43.0 Å². The minimum Gasteiger partial charge on any atom is -0.350 e. The monoisotopic (exact) mass is 525 g/mol. The van der Waals surface area contributed by atoms with Crippen molar-refractivity contribution < 1.29 is 18.0 Å². The maximum Gasteiger partial charge on any atom is 0.264 e. The van der Waals surface area contributed by atoms with Crippen molar-refractivity contribution in [3.63, 3.8) is 0 Å². The first-order valence-electron chi connectivity index (χ1n) is 11.6. The average Bonchev–Trinajstić information content (AvgIpc) is 2.88. The maximum atomic E-state index is 13.6. The van der Waals surface area contributed by atoms with Crippen LogP contribution < -0.4 is 14.9 Å². The number of hydrogen-bond acceptors (Lipinski definition) is 5. The Balaban J connectivity index is 1.91. The van der Waals surface area contributed by atoms with Crippen LogP contribution in [0.3, 0.4) is 0 Å². The van der Waals surface area contributed by atoms with Crippen LogP contribution in [0.4, 0.5) is 11.4 Å². The highest BCUT2D eigenvalue weighted by molar-refractivity contribution is 7.98. The third-order valence-electron chi connectivity index (χ3n) is 5.69. The molecule has 0 aromatic heterocycles. The first kappa shape index (κ1) is 27.3. The fourth-order valence-electron chi connectivity index (χ4n) is 3.41. The molecule has 3 aromatic rings. The van der Waals surface area contributed by atoms with Crippen LogP contribution in [0, 0.1) is 6.92 Å². The number of nitrogens with zero attached hydrogens (tertiary/aromatic N) is 1. The van der Waals surface area contributed by atoms with Gasteiger partial charge in [0, 0.05) is 10.9 Å². The summed E-state index contributed by atoms with van der Waals surface area (Å²) >= 11 is 1.51. The summed E-state index contributed by atoms with van der Waals surface area (Å²) in [5.41, 5.74) is 1.95. The van der Waals surface area contributed by atoms with E-state index >= 15 is 0 Å². The molecule has 3 rings (SSSR count). The molecule has 0 fully saturated rings. The zero-order valence-corrected chi connectivity index (χ0v) is 22.4. The Kier molecular flexibility index (Phi) is 9.17. The SMILES string of the molecule is CC[C@H](C)NC(=O)c1ccccc1NC(=O)CN(c1ccc(C)cc1)S(=O)(=O)c1ccc(SC)cc1. The number of rotatable bonds is 10. The Bertz CT molecular complexity index is 1310. The van der Waals surface area contributed by atoms with Gasteiger partial charge in [0.25, 0.3) is 15.9 Å². The van der Waals surface area contributed by atoms with E-state index in [1.807, 2.05) is 27.0 Å². The van der Waals surface area contributed by atoms with Gasteiger partial charge in [-0.3, -0.25) is 13.9 Å². The second-order valence-electron chi connectivity index (χ2n) is 8.40. The molecule has 0 heterocycles. The predicted molar refractivity (Wildman–Crippen MR) is 146 cm³/mol. The standard InChI is InChI=1S/C27H31N3O4S2/c1-5-20(3)28-27(32)24-8-6-7-9-25(24)29-26(31)18-30(21-12-10-19(2)11-13-21)36(33,34)23-16-14-22(35-4)15-17-23/h6-17,20H,5,18H2,1-4H3,(H,28,32)(H,29,31)/t20-/m0/s1. The number of anilines is 2. The molecule has 7 nitrogen and oxygen atoms in total. The summed E-state index contributed by atoms with van der Waals surface area (Å²) in [6.07, 6.45) is 2.68. The quantitative estimate of drug-likeness (QED) is 0.360. The van der Waals surface area contributed by atoms with Crippen molar-refractivity contribution in [2.75, 3.05) is 22.4 Å². The van der Waals surface area contributed by atoms with Crippen LogP contribution in [-0.4, -0.2) is 39.1 Å². The lowest BCUT2D eigenvalue weighted by Crippen LogP contribution is -2.38. The molecule has 2 amide bonds. The topological polar surface area (TPSA) is 95.6 Å². The number of aryl methyl sites for hydroxylation is 1. The maximum absolute atomic E-state index is 13.6. The zero-order chi connectivity index (χ0) is 26.3. The first-order valence-corrected chi connectivity index (χ1v) is 14.3. The second-order valence-corrected chi connectivity index (χ2v) is 11.1. The minimum absolute atomic E-state index is 0.0269. The molecular weight excluding hydrogens is 494 g/mol. The summed E-state index contributed by atoms with van der Waals surface area (Å²) in [5.74, 6) is -0.874. The summed E-state index contributed by atoms with van der Waals surface area (Å²) < 4.78 is 28.3. The summed E-state index contributed by atoms with van der Waals surface area (Å²) in [4.78, 5) is 26.9. The van der Waals surface area contributed by atoms with E-state index in [0.29, 0.717) is 16.9 Å². The number of carbonyl (C=O) groups excluding carboxylic acids is 2. The molecule has 0 saturated carbocycles. The summed E-state index contributed by atoms with van der Waals surface area (Å²) in [6.45, 7) is 5.30. The second kappa shape index (κ2) is 12.1. The number of nitrogens with one attached hydrogen (secondary N) is 2. The Labute approximate surface area is 217 Å². The number of para-hydroxylation sites is 1. The Hall–Kier alpha value is -3.30. The molecule has 0 aliphatic rings.